The molecule has 3 heterocycles. The Hall–Kier alpha value is -0.950. The van der Waals surface area contributed by atoms with Gasteiger partial charge in [0.15, 0.2) is 5.15 Å². The Morgan fingerprint density at radius 1 is 1.22 bits per heavy atom. The summed E-state index contributed by atoms with van der Waals surface area (Å²) in [6, 6.07) is 2.36. The van der Waals surface area contributed by atoms with Gasteiger partial charge in [-0.15, -0.1) is 10.2 Å². The number of likely N-dealkylation sites (tertiary alicyclic amines) is 2. The second-order valence-corrected chi connectivity index (χ2v) is 7.09. The highest BCUT2D eigenvalue weighted by atomic mass is 35.5. The summed E-state index contributed by atoms with van der Waals surface area (Å²) >= 11 is 5.93. The topological polar surface area (TPSA) is 64.5 Å². The molecular weight excluding hydrogens is 314 g/mol. The lowest BCUT2D eigenvalue weighted by atomic mass is 10.1. The van der Waals surface area contributed by atoms with E-state index in [2.05, 4.69) is 25.3 Å². The molecule has 0 amide bonds. The number of aromatic nitrogens is 2. The van der Waals surface area contributed by atoms with Crippen LogP contribution < -0.4 is 5.32 Å². The number of hydrogen-bond acceptors (Lipinski definition) is 6. The highest BCUT2D eigenvalue weighted by Crippen LogP contribution is 2.18. The van der Waals surface area contributed by atoms with Gasteiger partial charge in [-0.2, -0.15) is 0 Å². The Morgan fingerprint density at radius 2 is 2.00 bits per heavy atom. The van der Waals surface area contributed by atoms with Crippen LogP contribution in [0.25, 0.3) is 0 Å². The first-order valence-electron chi connectivity index (χ1n) is 8.49. The molecule has 0 spiro atoms. The zero-order chi connectivity index (χ0) is 16.2. The third-order valence-electron chi connectivity index (χ3n) is 4.76. The zero-order valence-corrected chi connectivity index (χ0v) is 14.5. The van der Waals surface area contributed by atoms with Crippen LogP contribution in [0.5, 0.6) is 0 Å². The molecule has 2 atom stereocenters. The van der Waals surface area contributed by atoms with Crippen molar-refractivity contribution in [3.05, 3.63) is 16.8 Å². The monoisotopic (exact) mass is 339 g/mol. The molecule has 0 aliphatic carbocycles. The minimum atomic E-state index is -0.127. The maximum atomic E-state index is 9.60. The molecule has 2 fully saturated rings. The molecule has 1 aromatic rings. The lowest BCUT2D eigenvalue weighted by Gasteiger charge is -2.34. The molecule has 7 heteroatoms. The first-order valence-corrected chi connectivity index (χ1v) is 8.87. The largest absolute Gasteiger partial charge is 0.392 e. The van der Waals surface area contributed by atoms with E-state index in [1.807, 2.05) is 13.0 Å². The summed E-state index contributed by atoms with van der Waals surface area (Å²) in [6.45, 7) is 8.09. The van der Waals surface area contributed by atoms with Crippen LogP contribution in [0.2, 0.25) is 5.15 Å². The maximum Gasteiger partial charge on any atom is 0.154 e. The Bertz CT molecular complexity index is 529. The molecule has 2 aliphatic heterocycles. The van der Waals surface area contributed by atoms with Crippen molar-refractivity contribution in [1.29, 1.82) is 0 Å². The fourth-order valence-corrected chi connectivity index (χ4v) is 3.52. The number of piperidine rings is 1. The van der Waals surface area contributed by atoms with E-state index in [1.54, 1.807) is 0 Å². The Balaban J connectivity index is 1.46. The summed E-state index contributed by atoms with van der Waals surface area (Å²) in [5.74, 6) is 0.807. The van der Waals surface area contributed by atoms with Crippen LogP contribution in [0.3, 0.4) is 0 Å². The average Bonchev–Trinajstić information content (AvgIpc) is 2.95. The molecule has 6 nitrogen and oxygen atoms in total. The summed E-state index contributed by atoms with van der Waals surface area (Å²) in [5, 5.41) is 21.6. The SMILES string of the molecule is Cc1cc(N[C@@H]2CCCN(CCN3CC[C@H](O)C3)C2)nnc1Cl. The maximum absolute atomic E-state index is 9.60. The Kier molecular flexibility index (Phi) is 5.69. The third-order valence-corrected chi connectivity index (χ3v) is 5.14. The second kappa shape index (κ2) is 7.75. The van der Waals surface area contributed by atoms with E-state index in [1.165, 1.54) is 6.42 Å². The van der Waals surface area contributed by atoms with Gasteiger partial charge < -0.3 is 15.3 Å². The molecule has 2 saturated heterocycles. The van der Waals surface area contributed by atoms with Gasteiger partial charge in [0.2, 0.25) is 0 Å². The van der Waals surface area contributed by atoms with Crippen molar-refractivity contribution >= 4 is 17.4 Å². The molecule has 1 aromatic heterocycles. The fourth-order valence-electron chi connectivity index (χ4n) is 3.42. The van der Waals surface area contributed by atoms with E-state index >= 15 is 0 Å². The van der Waals surface area contributed by atoms with E-state index in [9.17, 15) is 5.11 Å². The van der Waals surface area contributed by atoms with E-state index in [0.29, 0.717) is 11.2 Å². The number of hydrogen-bond donors (Lipinski definition) is 2. The number of β-amino-alcohol motifs (C(OH)–C–C–N with tert-alkyl or cyclic N) is 1. The van der Waals surface area contributed by atoms with E-state index in [4.69, 9.17) is 11.6 Å². The van der Waals surface area contributed by atoms with Gasteiger partial charge in [-0.05, 0) is 44.4 Å². The predicted octanol–water partition coefficient (Wildman–Crippen LogP) is 1.38. The van der Waals surface area contributed by atoms with Crippen LogP contribution in [-0.2, 0) is 0 Å². The number of rotatable bonds is 5. The fraction of sp³-hybridized carbons (Fsp3) is 0.750. The molecule has 0 saturated carbocycles. The summed E-state index contributed by atoms with van der Waals surface area (Å²) < 4.78 is 0. The Labute approximate surface area is 142 Å². The van der Waals surface area contributed by atoms with E-state index < -0.39 is 0 Å². The van der Waals surface area contributed by atoms with Gasteiger partial charge in [0.1, 0.15) is 5.82 Å². The van der Waals surface area contributed by atoms with Crippen molar-refractivity contribution < 1.29 is 5.11 Å². The van der Waals surface area contributed by atoms with Gasteiger partial charge in [-0.1, -0.05) is 11.6 Å². The lowest BCUT2D eigenvalue weighted by molar-refractivity contribution is 0.158. The first kappa shape index (κ1) is 16.9. The number of aliphatic hydroxyl groups excluding tert-OH is 1. The molecule has 2 N–H and O–H groups in total. The van der Waals surface area contributed by atoms with Crippen molar-refractivity contribution in [2.45, 2.75) is 38.3 Å². The van der Waals surface area contributed by atoms with Gasteiger partial charge in [0, 0.05) is 38.8 Å². The number of anilines is 1. The minimum Gasteiger partial charge on any atom is -0.392 e. The number of aliphatic hydroxyl groups is 1. The molecule has 128 valence electrons. The summed E-state index contributed by atoms with van der Waals surface area (Å²) in [7, 11) is 0. The predicted molar refractivity (Wildman–Crippen MR) is 91.9 cm³/mol. The molecule has 0 bridgehead atoms. The summed E-state index contributed by atoms with van der Waals surface area (Å²) in [4.78, 5) is 4.86. The highest BCUT2D eigenvalue weighted by Gasteiger charge is 2.23. The van der Waals surface area contributed by atoms with Crippen molar-refractivity contribution in [2.75, 3.05) is 44.6 Å². The normalized spacial score (nSPS) is 26.6. The third kappa shape index (κ3) is 4.76. The second-order valence-electron chi connectivity index (χ2n) is 6.73. The standard InChI is InChI=1S/C16H26ClN5O/c1-12-9-15(19-20-16(12)17)18-13-3-2-5-21(10-13)7-8-22-6-4-14(23)11-22/h9,13-14,23H,2-8,10-11H2,1H3,(H,18,19)/t13-,14+/m1/s1. The minimum absolute atomic E-state index is 0.127. The van der Waals surface area contributed by atoms with Gasteiger partial charge >= 0.3 is 0 Å². The van der Waals surface area contributed by atoms with Gasteiger partial charge in [-0.3, -0.25) is 4.90 Å². The summed E-state index contributed by atoms with van der Waals surface area (Å²) in [5.41, 5.74) is 0.949. The smallest absolute Gasteiger partial charge is 0.154 e. The first-order chi connectivity index (χ1) is 11.1. The van der Waals surface area contributed by atoms with Crippen LogP contribution in [0, 0.1) is 6.92 Å². The molecule has 3 rings (SSSR count). The van der Waals surface area contributed by atoms with E-state index in [-0.39, 0.29) is 6.10 Å². The molecule has 23 heavy (non-hydrogen) atoms. The van der Waals surface area contributed by atoms with Crippen LogP contribution >= 0.6 is 11.6 Å². The van der Waals surface area contributed by atoms with Gasteiger partial charge in [-0.25, -0.2) is 0 Å². The van der Waals surface area contributed by atoms with Gasteiger partial charge in [0.05, 0.1) is 6.10 Å². The van der Waals surface area contributed by atoms with Crippen molar-refractivity contribution in [3.63, 3.8) is 0 Å². The van der Waals surface area contributed by atoms with Crippen molar-refractivity contribution in [3.8, 4) is 0 Å². The van der Waals surface area contributed by atoms with Gasteiger partial charge in [0.25, 0.3) is 0 Å². The number of nitrogens with zero attached hydrogens (tertiary/aromatic N) is 4. The van der Waals surface area contributed by atoms with Crippen LogP contribution in [0.1, 0.15) is 24.8 Å². The molecule has 2 aliphatic rings. The molecule has 0 aromatic carbocycles. The molecule has 0 unspecified atom stereocenters. The van der Waals surface area contributed by atoms with Crippen molar-refractivity contribution in [1.82, 2.24) is 20.0 Å². The molecular formula is C16H26ClN5O. The summed E-state index contributed by atoms with van der Waals surface area (Å²) in [6.07, 6.45) is 3.14. The molecule has 0 radical (unpaired) electrons. The number of aryl methyl sites for hydroxylation is 1. The van der Waals surface area contributed by atoms with Crippen LogP contribution in [-0.4, -0.2) is 76.5 Å². The Morgan fingerprint density at radius 3 is 2.70 bits per heavy atom. The van der Waals surface area contributed by atoms with Crippen LogP contribution in [0.4, 0.5) is 5.82 Å². The number of halogens is 1. The van der Waals surface area contributed by atoms with Crippen molar-refractivity contribution in [2.24, 2.45) is 0 Å². The van der Waals surface area contributed by atoms with E-state index in [0.717, 1.165) is 63.5 Å². The number of nitrogens with one attached hydrogen (secondary N) is 1. The highest BCUT2D eigenvalue weighted by molar-refractivity contribution is 6.30. The lowest BCUT2D eigenvalue weighted by Crippen LogP contribution is -2.45. The average molecular weight is 340 g/mol. The zero-order valence-electron chi connectivity index (χ0n) is 13.7. The van der Waals surface area contributed by atoms with Crippen LogP contribution in [0.15, 0.2) is 6.07 Å². The quantitative estimate of drug-likeness (QED) is 0.845.